The molecule has 1 unspecified atom stereocenters. The van der Waals surface area contributed by atoms with Crippen molar-refractivity contribution in [2.24, 2.45) is 0 Å². The van der Waals surface area contributed by atoms with Gasteiger partial charge in [-0.1, -0.05) is 32.6 Å². The Morgan fingerprint density at radius 2 is 1.73 bits per heavy atom. The molecule has 0 aromatic heterocycles. The molecular formula is C19H31NO2. The van der Waals surface area contributed by atoms with E-state index in [-0.39, 0.29) is 6.23 Å². The van der Waals surface area contributed by atoms with E-state index < -0.39 is 0 Å². The summed E-state index contributed by atoms with van der Waals surface area (Å²) >= 11 is 0. The van der Waals surface area contributed by atoms with Gasteiger partial charge in [0.2, 0.25) is 0 Å². The van der Waals surface area contributed by atoms with E-state index >= 15 is 0 Å². The average Bonchev–Trinajstić information content (AvgIpc) is 2.57. The summed E-state index contributed by atoms with van der Waals surface area (Å²) < 4.78 is 11.4. The molecule has 1 heterocycles. The molecule has 3 nitrogen and oxygen atoms in total. The molecule has 0 bridgehead atoms. The van der Waals surface area contributed by atoms with Gasteiger partial charge in [0, 0.05) is 13.1 Å². The maximum Gasteiger partial charge on any atom is 0.152 e. The van der Waals surface area contributed by atoms with Crippen molar-refractivity contribution in [3.8, 4) is 11.5 Å². The molecule has 0 aliphatic carbocycles. The minimum Gasteiger partial charge on any atom is -0.497 e. The van der Waals surface area contributed by atoms with E-state index in [1.807, 2.05) is 24.3 Å². The van der Waals surface area contributed by atoms with Crippen LogP contribution in [-0.4, -0.2) is 31.3 Å². The quantitative estimate of drug-likeness (QED) is 0.608. The fourth-order valence-electron chi connectivity index (χ4n) is 3.08. The van der Waals surface area contributed by atoms with Gasteiger partial charge < -0.3 is 9.47 Å². The summed E-state index contributed by atoms with van der Waals surface area (Å²) in [5, 5.41) is 0. The second kappa shape index (κ2) is 9.73. The predicted octanol–water partition coefficient (Wildman–Crippen LogP) is 4.86. The summed E-state index contributed by atoms with van der Waals surface area (Å²) in [7, 11) is 1.69. The summed E-state index contributed by atoms with van der Waals surface area (Å²) in [5.74, 6) is 1.83. The molecule has 3 heteroatoms. The van der Waals surface area contributed by atoms with Gasteiger partial charge in [0.1, 0.15) is 11.5 Å². The van der Waals surface area contributed by atoms with Crippen molar-refractivity contribution in [1.29, 1.82) is 0 Å². The van der Waals surface area contributed by atoms with Gasteiger partial charge >= 0.3 is 0 Å². The number of unbranched alkanes of at least 4 members (excludes halogenated alkanes) is 4. The number of likely N-dealkylation sites (tertiary alicyclic amines) is 1. The molecule has 1 aromatic rings. The van der Waals surface area contributed by atoms with E-state index in [2.05, 4.69) is 11.8 Å². The molecule has 1 aliphatic heterocycles. The van der Waals surface area contributed by atoms with Gasteiger partial charge in [0.05, 0.1) is 7.11 Å². The third-order valence-electron chi connectivity index (χ3n) is 4.43. The van der Waals surface area contributed by atoms with Crippen molar-refractivity contribution in [3.63, 3.8) is 0 Å². The lowest BCUT2D eigenvalue weighted by Crippen LogP contribution is -2.43. The lowest BCUT2D eigenvalue weighted by atomic mass is 10.1. The van der Waals surface area contributed by atoms with E-state index in [1.165, 1.54) is 58.0 Å². The zero-order valence-electron chi connectivity index (χ0n) is 14.2. The Labute approximate surface area is 135 Å². The van der Waals surface area contributed by atoms with Crippen molar-refractivity contribution < 1.29 is 9.47 Å². The maximum atomic E-state index is 6.22. The topological polar surface area (TPSA) is 21.7 Å². The van der Waals surface area contributed by atoms with Gasteiger partial charge in [-0.2, -0.15) is 0 Å². The summed E-state index contributed by atoms with van der Waals surface area (Å²) in [6, 6.07) is 7.94. The van der Waals surface area contributed by atoms with Crippen LogP contribution in [0.4, 0.5) is 0 Å². The zero-order chi connectivity index (χ0) is 15.6. The van der Waals surface area contributed by atoms with Crippen LogP contribution in [0, 0.1) is 0 Å². The second-order valence-electron chi connectivity index (χ2n) is 6.19. The maximum absolute atomic E-state index is 6.22. The van der Waals surface area contributed by atoms with Crippen molar-refractivity contribution in [3.05, 3.63) is 24.3 Å². The summed E-state index contributed by atoms with van der Waals surface area (Å²) in [4.78, 5) is 2.53. The van der Waals surface area contributed by atoms with Crippen LogP contribution in [0.1, 0.15) is 58.3 Å². The summed E-state index contributed by atoms with van der Waals surface area (Å²) in [6.45, 7) is 4.61. The van der Waals surface area contributed by atoms with Crippen LogP contribution >= 0.6 is 0 Å². The first kappa shape index (κ1) is 17.1. The van der Waals surface area contributed by atoms with Crippen LogP contribution in [0.2, 0.25) is 0 Å². The molecule has 0 saturated carbocycles. The molecule has 1 aliphatic rings. The fraction of sp³-hybridized carbons (Fsp3) is 0.684. The molecule has 0 amide bonds. The fourth-order valence-corrected chi connectivity index (χ4v) is 3.08. The smallest absolute Gasteiger partial charge is 0.152 e. The van der Waals surface area contributed by atoms with Crippen LogP contribution in [0.15, 0.2) is 24.3 Å². The normalized spacial score (nSPS) is 19.1. The molecule has 1 atom stereocenters. The summed E-state index contributed by atoms with van der Waals surface area (Å²) in [5.41, 5.74) is 0. The van der Waals surface area contributed by atoms with E-state index in [4.69, 9.17) is 9.47 Å². The minimum atomic E-state index is 0.244. The van der Waals surface area contributed by atoms with Crippen molar-refractivity contribution in [2.45, 2.75) is 64.5 Å². The molecule has 1 saturated heterocycles. The number of benzene rings is 1. The standard InChI is InChI=1S/C19H31NO2/c1-3-4-5-6-8-15-20-16-9-7-10-19(20)22-18-13-11-17(21-2)12-14-18/h11-14,19H,3-10,15-16H2,1-2H3. The number of nitrogens with zero attached hydrogens (tertiary/aromatic N) is 1. The molecular weight excluding hydrogens is 274 g/mol. The number of rotatable bonds is 9. The molecule has 0 radical (unpaired) electrons. The van der Waals surface area contributed by atoms with Crippen LogP contribution in [0.25, 0.3) is 0 Å². The van der Waals surface area contributed by atoms with Crippen LogP contribution < -0.4 is 9.47 Å². The molecule has 22 heavy (non-hydrogen) atoms. The monoisotopic (exact) mass is 305 g/mol. The number of piperidine rings is 1. The largest absolute Gasteiger partial charge is 0.497 e. The van der Waals surface area contributed by atoms with Crippen LogP contribution in [0.5, 0.6) is 11.5 Å². The predicted molar refractivity (Wildman–Crippen MR) is 91.6 cm³/mol. The van der Waals surface area contributed by atoms with Gasteiger partial charge in [0.25, 0.3) is 0 Å². The van der Waals surface area contributed by atoms with Crippen molar-refractivity contribution in [2.75, 3.05) is 20.2 Å². The van der Waals surface area contributed by atoms with E-state index in [0.29, 0.717) is 0 Å². The Bertz CT molecular complexity index is 404. The Balaban J connectivity index is 1.80. The highest BCUT2D eigenvalue weighted by atomic mass is 16.5. The molecule has 0 spiro atoms. The first-order valence-electron chi connectivity index (χ1n) is 8.88. The number of ether oxygens (including phenoxy) is 2. The molecule has 1 fully saturated rings. The molecule has 0 N–H and O–H groups in total. The molecule has 124 valence electrons. The first-order chi connectivity index (χ1) is 10.8. The average molecular weight is 305 g/mol. The van der Waals surface area contributed by atoms with Crippen LogP contribution in [0.3, 0.4) is 0 Å². The minimum absolute atomic E-state index is 0.244. The molecule has 1 aromatic carbocycles. The summed E-state index contributed by atoms with van der Waals surface area (Å²) in [6.07, 6.45) is 10.6. The van der Waals surface area contributed by atoms with Crippen molar-refractivity contribution in [1.82, 2.24) is 4.90 Å². The second-order valence-corrected chi connectivity index (χ2v) is 6.19. The SMILES string of the molecule is CCCCCCCN1CCCCC1Oc1ccc(OC)cc1. The lowest BCUT2D eigenvalue weighted by molar-refractivity contribution is -0.00476. The number of hydrogen-bond acceptors (Lipinski definition) is 3. The third kappa shape index (κ3) is 5.53. The Morgan fingerprint density at radius 3 is 2.45 bits per heavy atom. The van der Waals surface area contributed by atoms with Gasteiger partial charge in [-0.3, -0.25) is 4.90 Å². The first-order valence-corrected chi connectivity index (χ1v) is 8.88. The van der Waals surface area contributed by atoms with E-state index in [1.54, 1.807) is 7.11 Å². The van der Waals surface area contributed by atoms with Gasteiger partial charge in [-0.15, -0.1) is 0 Å². The third-order valence-corrected chi connectivity index (χ3v) is 4.43. The van der Waals surface area contributed by atoms with Crippen LogP contribution in [-0.2, 0) is 0 Å². The lowest BCUT2D eigenvalue weighted by Gasteiger charge is -2.35. The van der Waals surface area contributed by atoms with Gasteiger partial charge in [-0.25, -0.2) is 0 Å². The number of methoxy groups -OCH3 is 1. The Kier molecular flexibility index (Phi) is 7.58. The number of hydrogen-bond donors (Lipinski definition) is 0. The van der Waals surface area contributed by atoms with Gasteiger partial charge in [-0.05, 0) is 49.9 Å². The molecule has 2 rings (SSSR count). The van der Waals surface area contributed by atoms with E-state index in [9.17, 15) is 0 Å². The van der Waals surface area contributed by atoms with Crippen molar-refractivity contribution >= 4 is 0 Å². The Hall–Kier alpha value is -1.22. The zero-order valence-corrected chi connectivity index (χ0v) is 14.2. The van der Waals surface area contributed by atoms with E-state index in [0.717, 1.165) is 17.9 Å². The highest BCUT2D eigenvalue weighted by Gasteiger charge is 2.23. The Morgan fingerprint density at radius 1 is 1.00 bits per heavy atom. The highest BCUT2D eigenvalue weighted by molar-refractivity contribution is 5.31. The van der Waals surface area contributed by atoms with Gasteiger partial charge in [0.15, 0.2) is 6.23 Å². The highest BCUT2D eigenvalue weighted by Crippen LogP contribution is 2.24.